The molecule has 0 saturated heterocycles. The molecule has 3 rings (SSSR count). The molecular formula is C17H13N3O2. The van der Waals surface area contributed by atoms with Gasteiger partial charge in [-0.15, -0.1) is 0 Å². The molecule has 3 aromatic rings. The third-order valence-corrected chi connectivity index (χ3v) is 3.44. The van der Waals surface area contributed by atoms with Crippen molar-refractivity contribution in [2.75, 3.05) is 0 Å². The second-order valence-electron chi connectivity index (χ2n) is 4.90. The van der Waals surface area contributed by atoms with Gasteiger partial charge >= 0.3 is 0 Å². The lowest BCUT2D eigenvalue weighted by Gasteiger charge is -2.03. The van der Waals surface area contributed by atoms with Gasteiger partial charge in [-0.3, -0.25) is 4.68 Å². The van der Waals surface area contributed by atoms with Crippen LogP contribution in [0.3, 0.4) is 0 Å². The second kappa shape index (κ2) is 5.26. The molecule has 5 heteroatoms. The Balaban J connectivity index is 2.19. The van der Waals surface area contributed by atoms with E-state index in [0.29, 0.717) is 17.0 Å². The normalized spacial score (nSPS) is 10.4. The van der Waals surface area contributed by atoms with Gasteiger partial charge in [-0.05, 0) is 48.5 Å². The summed E-state index contributed by atoms with van der Waals surface area (Å²) >= 11 is 0. The van der Waals surface area contributed by atoms with Gasteiger partial charge < -0.3 is 10.2 Å². The highest BCUT2D eigenvalue weighted by Crippen LogP contribution is 2.32. The number of phenols is 2. The van der Waals surface area contributed by atoms with Crippen LogP contribution < -0.4 is 0 Å². The summed E-state index contributed by atoms with van der Waals surface area (Å²) in [7, 11) is 1.77. The van der Waals surface area contributed by atoms with Crippen molar-refractivity contribution in [1.82, 2.24) is 9.78 Å². The number of rotatable bonds is 2. The van der Waals surface area contributed by atoms with Crippen molar-refractivity contribution < 1.29 is 10.2 Å². The van der Waals surface area contributed by atoms with E-state index in [1.807, 2.05) is 0 Å². The summed E-state index contributed by atoms with van der Waals surface area (Å²) in [5, 5.41) is 32.7. The molecule has 108 valence electrons. The van der Waals surface area contributed by atoms with Crippen LogP contribution in [0.4, 0.5) is 0 Å². The third kappa shape index (κ3) is 2.27. The summed E-state index contributed by atoms with van der Waals surface area (Å²) in [5.74, 6) is 0.333. The quantitative estimate of drug-likeness (QED) is 0.760. The molecular weight excluding hydrogens is 278 g/mol. The van der Waals surface area contributed by atoms with Crippen LogP contribution >= 0.6 is 0 Å². The Morgan fingerprint density at radius 2 is 1.41 bits per heavy atom. The highest BCUT2D eigenvalue weighted by Gasteiger charge is 2.18. The zero-order valence-electron chi connectivity index (χ0n) is 11.9. The van der Waals surface area contributed by atoms with E-state index < -0.39 is 0 Å². The molecule has 0 aliphatic carbocycles. The summed E-state index contributed by atoms with van der Waals surface area (Å²) in [4.78, 5) is 0. The molecule has 0 aliphatic heterocycles. The number of aryl methyl sites for hydroxylation is 1. The average Bonchev–Trinajstić information content (AvgIpc) is 2.85. The number of benzene rings is 2. The van der Waals surface area contributed by atoms with Crippen LogP contribution in [-0.2, 0) is 7.05 Å². The van der Waals surface area contributed by atoms with E-state index in [1.165, 1.54) is 0 Å². The lowest BCUT2D eigenvalue weighted by Crippen LogP contribution is -1.94. The van der Waals surface area contributed by atoms with E-state index in [1.54, 1.807) is 60.3 Å². The first-order valence-electron chi connectivity index (χ1n) is 6.66. The lowest BCUT2D eigenvalue weighted by molar-refractivity contribution is 0.475. The second-order valence-corrected chi connectivity index (χ2v) is 4.90. The zero-order chi connectivity index (χ0) is 15.7. The van der Waals surface area contributed by atoms with Gasteiger partial charge in [0.2, 0.25) is 0 Å². The molecule has 1 heterocycles. The number of nitriles is 1. The molecule has 2 aromatic carbocycles. The van der Waals surface area contributed by atoms with Gasteiger partial charge in [0, 0.05) is 18.2 Å². The van der Waals surface area contributed by atoms with Crippen molar-refractivity contribution in [3.63, 3.8) is 0 Å². The minimum Gasteiger partial charge on any atom is -0.508 e. The van der Waals surface area contributed by atoms with Gasteiger partial charge in [0.1, 0.15) is 28.8 Å². The van der Waals surface area contributed by atoms with E-state index in [9.17, 15) is 15.5 Å². The highest BCUT2D eigenvalue weighted by atomic mass is 16.3. The predicted molar refractivity (Wildman–Crippen MR) is 82.1 cm³/mol. The number of aromatic nitrogens is 2. The first-order valence-corrected chi connectivity index (χ1v) is 6.66. The number of hydrogen-bond acceptors (Lipinski definition) is 4. The molecule has 0 aliphatic rings. The fraction of sp³-hybridized carbons (Fsp3) is 0.0588. The third-order valence-electron chi connectivity index (χ3n) is 3.44. The van der Waals surface area contributed by atoms with Crippen LogP contribution in [0.1, 0.15) is 5.56 Å². The smallest absolute Gasteiger partial charge is 0.115 e. The maximum absolute atomic E-state index is 9.54. The molecule has 1 aromatic heterocycles. The lowest BCUT2D eigenvalue weighted by atomic mass is 10.0. The van der Waals surface area contributed by atoms with Gasteiger partial charge in [0.25, 0.3) is 0 Å². The zero-order valence-corrected chi connectivity index (χ0v) is 11.9. The topological polar surface area (TPSA) is 82.1 Å². The molecule has 0 radical (unpaired) electrons. The fourth-order valence-electron chi connectivity index (χ4n) is 2.40. The summed E-state index contributed by atoms with van der Waals surface area (Å²) in [6, 6.07) is 15.4. The summed E-state index contributed by atoms with van der Waals surface area (Å²) < 4.78 is 1.65. The Morgan fingerprint density at radius 3 is 1.91 bits per heavy atom. The van der Waals surface area contributed by atoms with Crippen LogP contribution in [0.2, 0.25) is 0 Å². The Labute approximate surface area is 127 Å². The van der Waals surface area contributed by atoms with Gasteiger partial charge in [0.15, 0.2) is 0 Å². The molecule has 5 nitrogen and oxygen atoms in total. The number of hydrogen-bond donors (Lipinski definition) is 2. The monoisotopic (exact) mass is 291 g/mol. The molecule has 0 unspecified atom stereocenters. The van der Waals surface area contributed by atoms with E-state index in [4.69, 9.17) is 0 Å². The molecule has 0 amide bonds. The van der Waals surface area contributed by atoms with Crippen LogP contribution in [0.25, 0.3) is 22.5 Å². The SMILES string of the molecule is Cn1nc(-c2ccc(O)cc2)c(C#N)c1-c1ccc(O)cc1. The molecule has 22 heavy (non-hydrogen) atoms. The Hall–Kier alpha value is -3.26. The summed E-state index contributed by atoms with van der Waals surface area (Å²) in [6.07, 6.45) is 0. The van der Waals surface area contributed by atoms with Gasteiger partial charge in [0.05, 0.1) is 5.69 Å². The van der Waals surface area contributed by atoms with Crippen molar-refractivity contribution in [3.05, 3.63) is 54.1 Å². The van der Waals surface area contributed by atoms with Crippen LogP contribution in [-0.4, -0.2) is 20.0 Å². The van der Waals surface area contributed by atoms with Crippen molar-refractivity contribution in [3.8, 4) is 40.1 Å². The molecule has 0 fully saturated rings. The van der Waals surface area contributed by atoms with E-state index >= 15 is 0 Å². The minimum absolute atomic E-state index is 0.164. The first kappa shape index (κ1) is 13.7. The van der Waals surface area contributed by atoms with Crippen molar-refractivity contribution in [1.29, 1.82) is 5.26 Å². The minimum atomic E-state index is 0.164. The van der Waals surface area contributed by atoms with Crippen molar-refractivity contribution in [2.24, 2.45) is 7.05 Å². The molecule has 2 N–H and O–H groups in total. The number of phenolic OH excluding ortho intramolecular Hbond substituents is 2. The Bertz CT molecular complexity index is 857. The van der Waals surface area contributed by atoms with Crippen LogP contribution in [0.5, 0.6) is 11.5 Å². The Morgan fingerprint density at radius 1 is 0.909 bits per heavy atom. The average molecular weight is 291 g/mol. The predicted octanol–water partition coefficient (Wildman–Crippen LogP) is 3.04. The molecule has 0 bridgehead atoms. The Kier molecular flexibility index (Phi) is 3.28. The van der Waals surface area contributed by atoms with E-state index in [-0.39, 0.29) is 11.5 Å². The maximum atomic E-state index is 9.54. The van der Waals surface area contributed by atoms with Gasteiger partial charge in [-0.2, -0.15) is 10.4 Å². The van der Waals surface area contributed by atoms with Crippen LogP contribution in [0.15, 0.2) is 48.5 Å². The van der Waals surface area contributed by atoms with Gasteiger partial charge in [-0.1, -0.05) is 0 Å². The van der Waals surface area contributed by atoms with Gasteiger partial charge in [-0.25, -0.2) is 0 Å². The number of aromatic hydroxyl groups is 2. The fourth-order valence-corrected chi connectivity index (χ4v) is 2.40. The maximum Gasteiger partial charge on any atom is 0.115 e. The van der Waals surface area contributed by atoms with E-state index in [2.05, 4.69) is 11.2 Å². The summed E-state index contributed by atoms with van der Waals surface area (Å²) in [5.41, 5.74) is 3.27. The molecule has 0 atom stereocenters. The summed E-state index contributed by atoms with van der Waals surface area (Å²) in [6.45, 7) is 0. The van der Waals surface area contributed by atoms with Crippen molar-refractivity contribution >= 4 is 0 Å². The van der Waals surface area contributed by atoms with E-state index in [0.717, 1.165) is 11.1 Å². The largest absolute Gasteiger partial charge is 0.508 e. The highest BCUT2D eigenvalue weighted by molar-refractivity contribution is 5.78. The standard InChI is InChI=1S/C17H13N3O2/c1-20-17(12-4-8-14(22)9-5-12)15(10-18)16(19-20)11-2-6-13(21)7-3-11/h2-9,21-22H,1H3. The number of nitrogens with zero attached hydrogens (tertiary/aromatic N) is 3. The molecule has 0 spiro atoms. The molecule has 0 saturated carbocycles. The van der Waals surface area contributed by atoms with Crippen LogP contribution in [0, 0.1) is 11.3 Å². The van der Waals surface area contributed by atoms with Crippen molar-refractivity contribution in [2.45, 2.75) is 0 Å². The first-order chi connectivity index (χ1) is 10.6.